The monoisotopic (exact) mass is 495 g/mol. The van der Waals surface area contributed by atoms with E-state index in [4.69, 9.17) is 16.3 Å². The Morgan fingerprint density at radius 3 is 2.49 bits per heavy atom. The van der Waals surface area contributed by atoms with Crippen LogP contribution in [0.5, 0.6) is 5.75 Å². The number of amides is 1. The van der Waals surface area contributed by atoms with E-state index in [1.54, 1.807) is 29.2 Å². The molecule has 1 N–H and O–H groups in total. The third-order valence-corrected chi connectivity index (χ3v) is 6.46. The molecule has 0 saturated carbocycles. The van der Waals surface area contributed by atoms with Crippen molar-refractivity contribution < 1.29 is 23.8 Å². The van der Waals surface area contributed by atoms with Gasteiger partial charge in [0.05, 0.1) is 11.4 Å². The minimum absolute atomic E-state index is 0.0736. The van der Waals surface area contributed by atoms with Crippen molar-refractivity contribution >= 4 is 23.5 Å². The maximum atomic E-state index is 13.5. The maximum absolute atomic E-state index is 13.5. The fourth-order valence-electron chi connectivity index (χ4n) is 4.41. The number of benzene rings is 3. The number of carbonyl (C=O) groups excluding carboxylic acids is 1. The largest absolute Gasteiger partial charge is 0.487 e. The van der Waals surface area contributed by atoms with Gasteiger partial charge in [0.15, 0.2) is 0 Å². The normalized spacial score (nSPS) is 16.5. The summed E-state index contributed by atoms with van der Waals surface area (Å²) in [5.74, 6) is -0.940. The molecule has 35 heavy (non-hydrogen) atoms. The lowest BCUT2D eigenvalue weighted by Gasteiger charge is -2.24. The van der Waals surface area contributed by atoms with Crippen molar-refractivity contribution in [2.45, 2.75) is 45.3 Å². The van der Waals surface area contributed by atoms with Gasteiger partial charge in [0.2, 0.25) is 0 Å². The first kappa shape index (κ1) is 24.7. The lowest BCUT2D eigenvalue weighted by molar-refractivity contribution is -0.137. The molecule has 0 aliphatic carbocycles. The van der Waals surface area contributed by atoms with Crippen LogP contribution in [0, 0.1) is 12.7 Å². The summed E-state index contributed by atoms with van der Waals surface area (Å²) in [5, 5.41) is 9.25. The molecule has 0 unspecified atom stereocenters. The second-order valence-electron chi connectivity index (χ2n) is 9.33. The molecule has 4 rings (SSSR count). The number of carboxylic acid groups (broad SMARTS) is 1. The molecule has 1 aliphatic heterocycles. The molecular weight excluding hydrogens is 469 g/mol. The Morgan fingerprint density at radius 1 is 1.09 bits per heavy atom. The lowest BCUT2D eigenvalue weighted by atomic mass is 9.91. The number of aliphatic carboxylic acids is 1. The van der Waals surface area contributed by atoms with Crippen molar-refractivity contribution in [3.05, 3.63) is 99.3 Å². The number of hydrogen-bond donors (Lipinski definition) is 1. The van der Waals surface area contributed by atoms with Crippen molar-refractivity contribution in [2.75, 3.05) is 6.54 Å². The Morgan fingerprint density at radius 2 is 1.80 bits per heavy atom. The number of ether oxygens (including phenoxy) is 1. The van der Waals surface area contributed by atoms with Crippen LogP contribution < -0.4 is 4.74 Å². The molecule has 1 aliphatic rings. The standard InChI is InChI=1S/C28H27ClFNO4/c1-18-3-5-19(6-4-18)17-31(12-11-26(32)33)27(34)21-8-10-25-22(14-21)16-28(2,35-25)15-20-7-9-24(30)23(29)13-20/h3-10,13-14H,11-12,15-17H2,1-2H3,(H,32,33)/t28-/m1/s1. The molecule has 7 heteroatoms. The topological polar surface area (TPSA) is 66.8 Å². The van der Waals surface area contributed by atoms with E-state index in [1.807, 2.05) is 44.2 Å². The molecule has 0 saturated heterocycles. The van der Waals surface area contributed by atoms with E-state index in [0.717, 1.165) is 22.3 Å². The van der Waals surface area contributed by atoms with Crippen molar-refractivity contribution in [2.24, 2.45) is 0 Å². The summed E-state index contributed by atoms with van der Waals surface area (Å²) in [6, 6.07) is 17.8. The zero-order valence-electron chi connectivity index (χ0n) is 19.7. The van der Waals surface area contributed by atoms with E-state index in [0.29, 0.717) is 30.7 Å². The first-order chi connectivity index (χ1) is 16.6. The fourth-order valence-corrected chi connectivity index (χ4v) is 4.62. The molecule has 0 bridgehead atoms. The maximum Gasteiger partial charge on any atom is 0.305 e. The van der Waals surface area contributed by atoms with E-state index >= 15 is 0 Å². The fraction of sp³-hybridized carbons (Fsp3) is 0.286. The highest BCUT2D eigenvalue weighted by Crippen LogP contribution is 2.38. The number of carboxylic acids is 1. The van der Waals surface area contributed by atoms with Gasteiger partial charge in [0.25, 0.3) is 5.91 Å². The zero-order valence-corrected chi connectivity index (χ0v) is 20.4. The average Bonchev–Trinajstić information content (AvgIpc) is 3.14. The van der Waals surface area contributed by atoms with Crippen LogP contribution in [0.15, 0.2) is 60.7 Å². The van der Waals surface area contributed by atoms with Crippen LogP contribution in [-0.2, 0) is 24.2 Å². The molecule has 0 fully saturated rings. The zero-order chi connectivity index (χ0) is 25.2. The second-order valence-corrected chi connectivity index (χ2v) is 9.74. The van der Waals surface area contributed by atoms with Crippen molar-refractivity contribution in [1.29, 1.82) is 0 Å². The van der Waals surface area contributed by atoms with Gasteiger partial charge in [-0.25, -0.2) is 4.39 Å². The summed E-state index contributed by atoms with van der Waals surface area (Å²) < 4.78 is 19.7. The molecule has 182 valence electrons. The van der Waals surface area contributed by atoms with Crippen molar-refractivity contribution in [1.82, 2.24) is 4.90 Å². The van der Waals surface area contributed by atoms with Gasteiger partial charge in [-0.15, -0.1) is 0 Å². The number of halogens is 2. The first-order valence-corrected chi connectivity index (χ1v) is 11.8. The SMILES string of the molecule is Cc1ccc(CN(CCC(=O)O)C(=O)c2ccc3c(c2)C[C@@](C)(Cc2ccc(F)c(Cl)c2)O3)cc1. The molecule has 5 nitrogen and oxygen atoms in total. The van der Waals surface area contributed by atoms with E-state index in [-0.39, 0.29) is 23.9 Å². The summed E-state index contributed by atoms with van der Waals surface area (Å²) in [4.78, 5) is 26.1. The number of aryl methyl sites for hydroxylation is 1. The number of carbonyl (C=O) groups is 2. The predicted octanol–water partition coefficient (Wildman–Crippen LogP) is 5.84. The first-order valence-electron chi connectivity index (χ1n) is 11.4. The van der Waals surface area contributed by atoms with Gasteiger partial charge >= 0.3 is 5.97 Å². The van der Waals surface area contributed by atoms with Gasteiger partial charge in [-0.2, -0.15) is 0 Å². The highest BCUT2D eigenvalue weighted by atomic mass is 35.5. The van der Waals surface area contributed by atoms with E-state index in [9.17, 15) is 19.1 Å². The predicted molar refractivity (Wildman–Crippen MR) is 132 cm³/mol. The van der Waals surface area contributed by atoms with Crippen molar-refractivity contribution in [3.63, 3.8) is 0 Å². The van der Waals surface area contributed by atoms with Crippen LogP contribution in [0.3, 0.4) is 0 Å². The lowest BCUT2D eigenvalue weighted by Crippen LogP contribution is -2.33. The second kappa shape index (κ2) is 10.1. The van der Waals surface area contributed by atoms with Crippen LogP contribution >= 0.6 is 11.6 Å². The molecular formula is C28H27ClFNO4. The Bertz CT molecular complexity index is 1260. The van der Waals surface area contributed by atoms with Crippen LogP contribution in [0.1, 0.15) is 46.0 Å². The van der Waals surface area contributed by atoms with Crippen LogP contribution in [0.2, 0.25) is 5.02 Å². The van der Waals surface area contributed by atoms with Gasteiger partial charge in [-0.3, -0.25) is 9.59 Å². The smallest absolute Gasteiger partial charge is 0.305 e. The Hall–Kier alpha value is -3.38. The Balaban J connectivity index is 1.52. The van der Waals surface area contributed by atoms with Gasteiger partial charge in [-0.1, -0.05) is 47.5 Å². The summed E-state index contributed by atoms with van der Waals surface area (Å²) in [6.07, 6.45) is 0.971. The average molecular weight is 496 g/mol. The molecule has 3 aromatic rings. The molecule has 1 amide bonds. The van der Waals surface area contributed by atoms with Crippen LogP contribution in [0.4, 0.5) is 4.39 Å². The molecule has 0 aromatic heterocycles. The summed E-state index contributed by atoms with van der Waals surface area (Å²) in [6.45, 7) is 4.40. The summed E-state index contributed by atoms with van der Waals surface area (Å²) in [5.41, 5.74) is 3.74. The van der Waals surface area contributed by atoms with E-state index in [2.05, 4.69) is 0 Å². The van der Waals surface area contributed by atoms with Crippen LogP contribution in [0.25, 0.3) is 0 Å². The van der Waals surface area contributed by atoms with Gasteiger partial charge < -0.3 is 14.7 Å². The molecule has 1 atom stereocenters. The molecule has 0 spiro atoms. The minimum atomic E-state index is -0.953. The molecule has 3 aromatic carbocycles. The minimum Gasteiger partial charge on any atom is -0.487 e. The molecule has 1 heterocycles. The Kier molecular flexibility index (Phi) is 7.13. The quantitative estimate of drug-likeness (QED) is 0.426. The highest BCUT2D eigenvalue weighted by Gasteiger charge is 2.35. The van der Waals surface area contributed by atoms with E-state index in [1.165, 1.54) is 6.07 Å². The van der Waals surface area contributed by atoms with E-state index < -0.39 is 17.4 Å². The number of rotatable bonds is 8. The van der Waals surface area contributed by atoms with Crippen molar-refractivity contribution in [3.8, 4) is 5.75 Å². The third-order valence-electron chi connectivity index (χ3n) is 6.17. The number of nitrogens with zero attached hydrogens (tertiary/aromatic N) is 1. The summed E-state index contributed by atoms with van der Waals surface area (Å²) >= 11 is 5.94. The Labute approximate surface area is 209 Å². The van der Waals surface area contributed by atoms with Gasteiger partial charge in [0, 0.05) is 31.5 Å². The molecule has 0 radical (unpaired) electrons. The number of fused-ring (bicyclic) bond motifs is 1. The summed E-state index contributed by atoms with van der Waals surface area (Å²) in [7, 11) is 0. The third kappa shape index (κ3) is 6.01. The highest BCUT2D eigenvalue weighted by molar-refractivity contribution is 6.30. The van der Waals surface area contributed by atoms with Crippen LogP contribution in [-0.4, -0.2) is 34.0 Å². The number of hydrogen-bond acceptors (Lipinski definition) is 3. The van der Waals surface area contributed by atoms with Gasteiger partial charge in [0.1, 0.15) is 17.2 Å². The van der Waals surface area contributed by atoms with Gasteiger partial charge in [-0.05, 0) is 60.9 Å².